The number of benzene rings is 1. The van der Waals surface area contributed by atoms with Crippen LogP contribution in [0.3, 0.4) is 0 Å². The Kier molecular flexibility index (Phi) is 10.4. The van der Waals surface area contributed by atoms with Crippen LogP contribution < -0.4 is 5.32 Å². The van der Waals surface area contributed by atoms with Gasteiger partial charge in [-0.2, -0.15) is 4.31 Å². The Morgan fingerprint density at radius 3 is 2.54 bits per heavy atom. The Bertz CT molecular complexity index is 649. The number of rotatable bonds is 7. The van der Waals surface area contributed by atoms with Crippen molar-refractivity contribution in [2.45, 2.75) is 13.5 Å². The highest BCUT2D eigenvalue weighted by molar-refractivity contribution is 14.0. The van der Waals surface area contributed by atoms with Gasteiger partial charge in [-0.25, -0.2) is 8.42 Å². The molecule has 0 saturated carbocycles. The van der Waals surface area contributed by atoms with Gasteiger partial charge in [0.25, 0.3) is 0 Å². The monoisotopic (exact) mass is 496 g/mol. The van der Waals surface area contributed by atoms with Gasteiger partial charge in [0.2, 0.25) is 10.0 Å². The van der Waals surface area contributed by atoms with E-state index in [-0.39, 0.29) is 36.3 Å². The van der Waals surface area contributed by atoms with Crippen molar-refractivity contribution in [2.75, 3.05) is 52.2 Å². The molecule has 1 N–H and O–H groups in total. The van der Waals surface area contributed by atoms with Crippen molar-refractivity contribution < 1.29 is 13.2 Å². The Morgan fingerprint density at radius 2 is 1.92 bits per heavy atom. The molecule has 1 heterocycles. The van der Waals surface area contributed by atoms with E-state index in [0.29, 0.717) is 38.8 Å². The van der Waals surface area contributed by atoms with Crippen LogP contribution in [0.5, 0.6) is 0 Å². The van der Waals surface area contributed by atoms with Gasteiger partial charge in [0.05, 0.1) is 25.5 Å². The highest BCUT2D eigenvalue weighted by Crippen LogP contribution is 2.06. The molecule has 1 aromatic carbocycles. The molecule has 0 radical (unpaired) electrons. The molecule has 0 atom stereocenters. The minimum Gasteiger partial charge on any atom is -0.379 e. The number of halogens is 1. The van der Waals surface area contributed by atoms with Crippen LogP contribution in [0.25, 0.3) is 0 Å². The highest BCUT2D eigenvalue weighted by atomic mass is 127. The van der Waals surface area contributed by atoms with E-state index in [1.807, 2.05) is 37.1 Å². The third-order valence-corrected chi connectivity index (χ3v) is 5.78. The number of nitrogens with zero attached hydrogens (tertiary/aromatic N) is 3. The number of ether oxygens (including phenoxy) is 1. The smallest absolute Gasteiger partial charge is 0.216 e. The van der Waals surface area contributed by atoms with Crippen molar-refractivity contribution in [3.05, 3.63) is 35.9 Å². The van der Waals surface area contributed by atoms with Crippen LogP contribution >= 0.6 is 24.0 Å². The molecule has 9 heteroatoms. The zero-order valence-electron chi connectivity index (χ0n) is 15.4. The number of aliphatic imine (C=N–C) groups is 1. The van der Waals surface area contributed by atoms with Crippen molar-refractivity contribution in [2.24, 2.45) is 4.99 Å². The fourth-order valence-corrected chi connectivity index (χ4v) is 3.91. The van der Waals surface area contributed by atoms with E-state index in [1.54, 1.807) is 0 Å². The Balaban J connectivity index is 0.00000338. The van der Waals surface area contributed by atoms with Crippen LogP contribution in [0, 0.1) is 0 Å². The minimum absolute atomic E-state index is 0. The fraction of sp³-hybridized carbons (Fsp3) is 0.588. The SMILES string of the molecule is CCNC(=NCCS(=O)(=O)N1CCOCC1)N(C)Cc1ccccc1.I. The minimum atomic E-state index is -3.28. The van der Waals surface area contributed by atoms with Crippen LogP contribution in [-0.4, -0.2) is 75.8 Å². The molecular weight excluding hydrogens is 467 g/mol. The number of sulfonamides is 1. The standard InChI is InChI=1S/C17H28N4O3S.HI/c1-3-18-17(20(2)15-16-7-5-4-6-8-16)19-9-14-25(22,23)21-10-12-24-13-11-21;/h4-8H,3,9-15H2,1-2H3,(H,18,19);1H. The van der Waals surface area contributed by atoms with Crippen molar-refractivity contribution in [3.63, 3.8) is 0 Å². The average molecular weight is 496 g/mol. The second kappa shape index (κ2) is 11.7. The molecule has 1 aromatic rings. The molecule has 1 fully saturated rings. The van der Waals surface area contributed by atoms with Gasteiger partial charge in [0, 0.05) is 33.2 Å². The van der Waals surface area contributed by atoms with Gasteiger partial charge < -0.3 is 15.0 Å². The molecule has 0 unspecified atom stereocenters. The van der Waals surface area contributed by atoms with E-state index in [9.17, 15) is 8.42 Å². The normalized spacial score (nSPS) is 16.0. The van der Waals surface area contributed by atoms with E-state index in [0.717, 1.165) is 6.54 Å². The number of nitrogens with one attached hydrogen (secondary N) is 1. The zero-order valence-corrected chi connectivity index (χ0v) is 18.6. The summed E-state index contributed by atoms with van der Waals surface area (Å²) < 4.78 is 31.4. The summed E-state index contributed by atoms with van der Waals surface area (Å²) in [5.41, 5.74) is 1.18. The summed E-state index contributed by atoms with van der Waals surface area (Å²) in [5, 5.41) is 3.22. The second-order valence-corrected chi connectivity index (χ2v) is 7.99. The van der Waals surface area contributed by atoms with Gasteiger partial charge in [-0.3, -0.25) is 4.99 Å². The molecule has 26 heavy (non-hydrogen) atoms. The van der Waals surface area contributed by atoms with E-state index >= 15 is 0 Å². The van der Waals surface area contributed by atoms with Crippen molar-refractivity contribution in [1.82, 2.24) is 14.5 Å². The third kappa shape index (κ3) is 7.37. The van der Waals surface area contributed by atoms with Crippen molar-refractivity contribution >= 4 is 40.0 Å². The molecule has 2 rings (SSSR count). The number of guanidine groups is 1. The molecule has 0 aliphatic carbocycles. The van der Waals surface area contributed by atoms with Crippen LogP contribution in [0.2, 0.25) is 0 Å². The summed E-state index contributed by atoms with van der Waals surface area (Å²) in [6, 6.07) is 10.1. The summed E-state index contributed by atoms with van der Waals surface area (Å²) in [6.45, 7) is 5.46. The van der Waals surface area contributed by atoms with Crippen LogP contribution in [0.4, 0.5) is 0 Å². The molecule has 1 aliphatic rings. The molecule has 1 aliphatic heterocycles. The summed E-state index contributed by atoms with van der Waals surface area (Å²) >= 11 is 0. The summed E-state index contributed by atoms with van der Waals surface area (Å²) in [4.78, 5) is 6.48. The summed E-state index contributed by atoms with van der Waals surface area (Å²) in [5.74, 6) is 0.727. The van der Waals surface area contributed by atoms with Gasteiger partial charge in [-0.1, -0.05) is 30.3 Å². The van der Waals surface area contributed by atoms with Crippen molar-refractivity contribution in [3.8, 4) is 0 Å². The van der Waals surface area contributed by atoms with Crippen molar-refractivity contribution in [1.29, 1.82) is 0 Å². The van der Waals surface area contributed by atoms with Gasteiger partial charge in [-0.15, -0.1) is 24.0 Å². The predicted octanol–water partition coefficient (Wildman–Crippen LogP) is 1.36. The second-order valence-electron chi connectivity index (χ2n) is 5.90. The number of hydrogen-bond acceptors (Lipinski definition) is 4. The topological polar surface area (TPSA) is 74.2 Å². The van der Waals surface area contributed by atoms with Gasteiger partial charge in [0.1, 0.15) is 0 Å². The lowest BCUT2D eigenvalue weighted by molar-refractivity contribution is 0.0731. The van der Waals surface area contributed by atoms with Crippen LogP contribution in [-0.2, 0) is 21.3 Å². The molecule has 0 amide bonds. The Morgan fingerprint density at radius 1 is 1.27 bits per heavy atom. The maximum Gasteiger partial charge on any atom is 0.216 e. The molecular formula is C17H29IN4O3S. The quantitative estimate of drug-likeness (QED) is 0.351. The maximum atomic E-state index is 12.4. The first-order valence-electron chi connectivity index (χ1n) is 8.62. The van der Waals surface area contributed by atoms with E-state index in [4.69, 9.17) is 4.74 Å². The first-order chi connectivity index (χ1) is 12.0. The number of hydrogen-bond donors (Lipinski definition) is 1. The van der Waals surface area contributed by atoms with Gasteiger partial charge >= 0.3 is 0 Å². The largest absolute Gasteiger partial charge is 0.379 e. The number of morpholine rings is 1. The molecule has 0 aromatic heterocycles. The lowest BCUT2D eigenvalue weighted by Crippen LogP contribution is -2.42. The molecule has 148 valence electrons. The first kappa shape index (κ1) is 23.1. The average Bonchev–Trinajstić information content (AvgIpc) is 2.62. The summed E-state index contributed by atoms with van der Waals surface area (Å²) in [7, 11) is -1.33. The highest BCUT2D eigenvalue weighted by Gasteiger charge is 2.23. The molecule has 7 nitrogen and oxygen atoms in total. The first-order valence-corrected chi connectivity index (χ1v) is 10.2. The summed E-state index contributed by atoms with van der Waals surface area (Å²) in [6.07, 6.45) is 0. The van der Waals surface area contributed by atoms with E-state index in [2.05, 4.69) is 22.4 Å². The fourth-order valence-electron chi connectivity index (χ4n) is 2.62. The predicted molar refractivity (Wildman–Crippen MR) is 115 cm³/mol. The lowest BCUT2D eigenvalue weighted by atomic mass is 10.2. The maximum absolute atomic E-state index is 12.4. The van der Waals surface area contributed by atoms with Crippen LogP contribution in [0.15, 0.2) is 35.3 Å². The van der Waals surface area contributed by atoms with Gasteiger partial charge in [-0.05, 0) is 12.5 Å². The van der Waals surface area contributed by atoms with Crippen LogP contribution in [0.1, 0.15) is 12.5 Å². The zero-order chi connectivity index (χ0) is 18.1. The molecule has 0 spiro atoms. The molecule has 1 saturated heterocycles. The van der Waals surface area contributed by atoms with E-state index in [1.165, 1.54) is 9.87 Å². The molecule has 0 bridgehead atoms. The third-order valence-electron chi connectivity index (χ3n) is 3.93. The Hall–Kier alpha value is -0.910. The van der Waals surface area contributed by atoms with E-state index < -0.39 is 10.0 Å². The lowest BCUT2D eigenvalue weighted by Gasteiger charge is -2.26. The van der Waals surface area contributed by atoms with Gasteiger partial charge in [0.15, 0.2) is 5.96 Å². The Labute approximate surface area is 173 Å².